The maximum atomic E-state index is 14.1. The average Bonchev–Trinajstić information content (AvgIpc) is 3.23. The van der Waals surface area contributed by atoms with E-state index in [1.54, 1.807) is 16.9 Å². The van der Waals surface area contributed by atoms with Gasteiger partial charge in [0.2, 0.25) is 0 Å². The van der Waals surface area contributed by atoms with Crippen LogP contribution in [0.2, 0.25) is 0 Å². The Labute approximate surface area is 222 Å². The number of carbonyl (C=O) groups excluding carboxylic acids is 2. The summed E-state index contributed by atoms with van der Waals surface area (Å²) in [6.45, 7) is 1.84. The third-order valence-corrected chi connectivity index (χ3v) is 7.33. The predicted molar refractivity (Wildman–Crippen MR) is 144 cm³/mol. The van der Waals surface area contributed by atoms with Crippen LogP contribution in [0.4, 0.5) is 4.79 Å². The molecule has 2 amide bonds. The van der Waals surface area contributed by atoms with Crippen LogP contribution in [0.15, 0.2) is 89.9 Å². The van der Waals surface area contributed by atoms with E-state index in [4.69, 9.17) is 20.2 Å². The molecule has 2 N–H and O–H groups in total. The second-order valence-electron chi connectivity index (χ2n) is 9.66. The smallest absolute Gasteiger partial charge is 0.410 e. The van der Waals surface area contributed by atoms with Gasteiger partial charge in [-0.2, -0.15) is 0 Å². The summed E-state index contributed by atoms with van der Waals surface area (Å²) in [5.74, 6) is 0.925. The van der Waals surface area contributed by atoms with Gasteiger partial charge in [-0.3, -0.25) is 9.69 Å². The van der Waals surface area contributed by atoms with E-state index < -0.39 is 5.54 Å². The molecular formula is C30H32N4O4. The lowest BCUT2D eigenvalue weighted by Crippen LogP contribution is -2.48. The lowest BCUT2D eigenvalue weighted by molar-refractivity contribution is -0.130. The topological polar surface area (TPSA) is 97.5 Å². The molecule has 2 heterocycles. The molecule has 0 radical (unpaired) electrons. The van der Waals surface area contributed by atoms with Gasteiger partial charge in [0.25, 0.3) is 5.91 Å². The zero-order chi connectivity index (χ0) is 26.5. The van der Waals surface area contributed by atoms with Gasteiger partial charge in [0.15, 0.2) is 11.5 Å². The highest BCUT2D eigenvalue weighted by molar-refractivity contribution is 6.09. The number of rotatable bonds is 7. The number of guanidine groups is 1. The molecule has 8 heteroatoms. The number of amides is 2. The second-order valence-corrected chi connectivity index (χ2v) is 9.66. The zero-order valence-electron chi connectivity index (χ0n) is 21.5. The van der Waals surface area contributed by atoms with Gasteiger partial charge < -0.3 is 20.1 Å². The summed E-state index contributed by atoms with van der Waals surface area (Å²) in [7, 11) is 1.61. The van der Waals surface area contributed by atoms with Crippen LogP contribution in [0, 0.1) is 5.92 Å². The molecule has 3 aromatic carbocycles. The normalized spacial score (nSPS) is 19.8. The molecule has 0 aromatic heterocycles. The molecule has 8 nitrogen and oxygen atoms in total. The Kier molecular flexibility index (Phi) is 7.31. The van der Waals surface area contributed by atoms with Crippen molar-refractivity contribution in [2.24, 2.45) is 16.6 Å². The van der Waals surface area contributed by atoms with E-state index in [0.29, 0.717) is 25.4 Å². The van der Waals surface area contributed by atoms with Crippen LogP contribution in [0.5, 0.6) is 5.75 Å². The number of aliphatic imine (C=N–C) groups is 1. The van der Waals surface area contributed by atoms with Crippen molar-refractivity contribution in [2.75, 3.05) is 26.7 Å². The molecule has 5 rings (SSSR count). The lowest BCUT2D eigenvalue weighted by atomic mass is 9.82. The number of benzene rings is 3. The molecule has 38 heavy (non-hydrogen) atoms. The van der Waals surface area contributed by atoms with Gasteiger partial charge in [0.1, 0.15) is 12.4 Å². The molecule has 0 saturated carbocycles. The van der Waals surface area contributed by atoms with Gasteiger partial charge in [0.05, 0.1) is 7.11 Å². The van der Waals surface area contributed by atoms with Gasteiger partial charge in [0, 0.05) is 19.6 Å². The first-order valence-corrected chi connectivity index (χ1v) is 12.8. The van der Waals surface area contributed by atoms with Crippen molar-refractivity contribution in [2.45, 2.75) is 25.0 Å². The van der Waals surface area contributed by atoms with Crippen LogP contribution in [-0.2, 0) is 21.7 Å². The minimum absolute atomic E-state index is 0.170. The summed E-state index contributed by atoms with van der Waals surface area (Å²) in [4.78, 5) is 34.8. The molecule has 1 unspecified atom stereocenters. The van der Waals surface area contributed by atoms with Gasteiger partial charge >= 0.3 is 6.09 Å². The van der Waals surface area contributed by atoms with E-state index in [-0.39, 0.29) is 30.5 Å². The number of likely N-dealkylation sites (tertiary alicyclic amines) is 1. The molecule has 0 bridgehead atoms. The Morgan fingerprint density at radius 1 is 0.947 bits per heavy atom. The van der Waals surface area contributed by atoms with Gasteiger partial charge in [-0.05, 0) is 47.6 Å². The predicted octanol–water partition coefficient (Wildman–Crippen LogP) is 4.14. The third kappa shape index (κ3) is 4.94. The minimum atomic E-state index is -1.25. The van der Waals surface area contributed by atoms with Crippen molar-refractivity contribution in [3.63, 3.8) is 0 Å². The molecule has 2 aliphatic heterocycles. The Morgan fingerprint density at radius 3 is 2.18 bits per heavy atom. The van der Waals surface area contributed by atoms with Crippen LogP contribution in [-0.4, -0.2) is 54.5 Å². The van der Waals surface area contributed by atoms with Crippen molar-refractivity contribution in [3.8, 4) is 5.75 Å². The fourth-order valence-electron chi connectivity index (χ4n) is 5.18. The number of hydrogen-bond donors (Lipinski definition) is 1. The SMILES string of the molecule is COc1ccc(C2(c3ccccc3)N=C(N)N(CC3CCN(C(=O)OCc4ccccc4)CC3)C2=O)cc1. The van der Waals surface area contributed by atoms with Crippen LogP contribution in [0.25, 0.3) is 0 Å². The van der Waals surface area contributed by atoms with Crippen molar-refractivity contribution < 1.29 is 19.1 Å². The summed E-state index contributed by atoms with van der Waals surface area (Å²) < 4.78 is 10.8. The summed E-state index contributed by atoms with van der Waals surface area (Å²) in [6, 6.07) is 26.5. The maximum Gasteiger partial charge on any atom is 0.410 e. The molecule has 0 aliphatic carbocycles. The molecular weight excluding hydrogens is 480 g/mol. The Balaban J connectivity index is 1.26. The summed E-state index contributed by atoms with van der Waals surface area (Å²) in [5.41, 5.74) is 7.61. The number of methoxy groups -OCH3 is 1. The minimum Gasteiger partial charge on any atom is -0.497 e. The van der Waals surface area contributed by atoms with Crippen molar-refractivity contribution in [1.29, 1.82) is 0 Å². The fraction of sp³-hybridized carbons (Fsp3) is 0.300. The van der Waals surface area contributed by atoms with Crippen molar-refractivity contribution in [1.82, 2.24) is 9.80 Å². The molecule has 1 saturated heterocycles. The van der Waals surface area contributed by atoms with Crippen LogP contribution >= 0.6 is 0 Å². The summed E-state index contributed by atoms with van der Waals surface area (Å²) >= 11 is 0. The van der Waals surface area contributed by atoms with E-state index in [1.165, 1.54) is 0 Å². The lowest BCUT2D eigenvalue weighted by Gasteiger charge is -2.34. The quantitative estimate of drug-likeness (QED) is 0.513. The van der Waals surface area contributed by atoms with Crippen LogP contribution in [0.3, 0.4) is 0 Å². The Hall–Kier alpha value is -4.33. The van der Waals surface area contributed by atoms with Gasteiger partial charge in [-0.15, -0.1) is 0 Å². The third-order valence-electron chi connectivity index (χ3n) is 7.33. The van der Waals surface area contributed by atoms with Crippen LogP contribution in [0.1, 0.15) is 29.5 Å². The summed E-state index contributed by atoms with van der Waals surface area (Å²) in [6.07, 6.45) is 1.18. The number of ether oxygens (including phenoxy) is 2. The second kappa shape index (κ2) is 11.0. The number of hydrogen-bond acceptors (Lipinski definition) is 6. The number of piperidine rings is 1. The van der Waals surface area contributed by atoms with Gasteiger partial charge in [-0.25, -0.2) is 9.79 Å². The largest absolute Gasteiger partial charge is 0.497 e. The maximum absolute atomic E-state index is 14.1. The standard InChI is InChI=1S/C30H32N4O4/c1-37-26-14-12-25(13-15-26)30(24-10-6-3-7-11-24)27(35)34(28(31)32-30)20-22-16-18-33(19-17-22)29(36)38-21-23-8-4-2-5-9-23/h2-15,22H,16-21H2,1H3,(H2,31,32). The number of nitrogens with two attached hydrogens (primary N) is 1. The highest BCUT2D eigenvalue weighted by atomic mass is 16.6. The molecule has 2 aliphatic rings. The first-order valence-electron chi connectivity index (χ1n) is 12.8. The van der Waals surface area contributed by atoms with E-state index >= 15 is 0 Å². The Morgan fingerprint density at radius 2 is 1.55 bits per heavy atom. The van der Waals surface area contributed by atoms with E-state index in [0.717, 1.165) is 29.5 Å². The monoisotopic (exact) mass is 512 g/mol. The van der Waals surface area contributed by atoms with E-state index in [2.05, 4.69) is 0 Å². The first-order chi connectivity index (χ1) is 18.5. The van der Waals surface area contributed by atoms with Crippen molar-refractivity contribution >= 4 is 18.0 Å². The molecule has 1 fully saturated rings. The van der Waals surface area contributed by atoms with Gasteiger partial charge in [-0.1, -0.05) is 72.8 Å². The van der Waals surface area contributed by atoms with Crippen LogP contribution < -0.4 is 10.5 Å². The first kappa shape index (κ1) is 25.3. The molecule has 3 aromatic rings. The van der Waals surface area contributed by atoms with E-state index in [9.17, 15) is 9.59 Å². The molecule has 0 spiro atoms. The fourth-order valence-corrected chi connectivity index (χ4v) is 5.18. The average molecular weight is 513 g/mol. The highest BCUT2D eigenvalue weighted by Crippen LogP contribution is 2.40. The number of nitrogens with zero attached hydrogens (tertiary/aromatic N) is 3. The molecule has 1 atom stereocenters. The highest BCUT2D eigenvalue weighted by Gasteiger charge is 2.51. The van der Waals surface area contributed by atoms with Crippen molar-refractivity contribution in [3.05, 3.63) is 102 Å². The summed E-state index contributed by atoms with van der Waals surface area (Å²) in [5, 5.41) is 0. The zero-order valence-corrected chi connectivity index (χ0v) is 21.5. The number of carbonyl (C=O) groups is 2. The Bertz CT molecular complexity index is 1290. The van der Waals surface area contributed by atoms with E-state index in [1.807, 2.05) is 84.9 Å². The molecule has 196 valence electrons.